The van der Waals surface area contributed by atoms with Crippen molar-refractivity contribution in [2.24, 2.45) is 11.8 Å². The Kier molecular flexibility index (Phi) is 4.65. The van der Waals surface area contributed by atoms with Crippen molar-refractivity contribution in [2.45, 2.75) is 38.6 Å². The maximum atomic E-state index is 11.9. The highest BCUT2D eigenvalue weighted by atomic mass is 16.5. The zero-order chi connectivity index (χ0) is 18.3. The van der Waals surface area contributed by atoms with Crippen LogP contribution in [0.25, 0.3) is 10.9 Å². The van der Waals surface area contributed by atoms with E-state index < -0.39 is 0 Å². The lowest BCUT2D eigenvalue weighted by atomic mass is 9.76. The predicted octanol–water partition coefficient (Wildman–Crippen LogP) is 3.68. The molecule has 0 spiro atoms. The van der Waals surface area contributed by atoms with Crippen LogP contribution < -0.4 is 4.74 Å². The topological polar surface area (TPSA) is 54.6 Å². The standard InChI is InChI=1S/C21H28N2O3/c1-4-13-12-23-9-8-15-20-16(6-5-7-18(20)25-2)22-21(15)17(23)10-14(13)11-19(24)26-3/h5-7,13-14,17,22H,4,8-12H2,1-3H3/t13-,14-,17-/m0/s1. The predicted molar refractivity (Wildman–Crippen MR) is 101 cm³/mol. The van der Waals surface area contributed by atoms with Crippen molar-refractivity contribution < 1.29 is 14.3 Å². The molecular weight excluding hydrogens is 328 g/mol. The van der Waals surface area contributed by atoms with Crippen LogP contribution in [-0.2, 0) is 16.0 Å². The van der Waals surface area contributed by atoms with Crippen molar-refractivity contribution in [3.63, 3.8) is 0 Å². The number of hydrogen-bond acceptors (Lipinski definition) is 4. The monoisotopic (exact) mass is 356 g/mol. The van der Waals surface area contributed by atoms with E-state index in [0.29, 0.717) is 24.3 Å². The molecule has 4 rings (SSSR count). The first-order valence-corrected chi connectivity index (χ1v) is 9.64. The van der Waals surface area contributed by atoms with Crippen LogP contribution in [0.1, 0.15) is 43.5 Å². The molecule has 0 unspecified atom stereocenters. The van der Waals surface area contributed by atoms with E-state index >= 15 is 0 Å². The van der Waals surface area contributed by atoms with Gasteiger partial charge in [-0.2, -0.15) is 0 Å². The van der Waals surface area contributed by atoms with Crippen LogP contribution in [0.2, 0.25) is 0 Å². The molecule has 0 amide bonds. The second-order valence-corrected chi connectivity index (χ2v) is 7.61. The second-order valence-electron chi connectivity index (χ2n) is 7.61. The summed E-state index contributed by atoms with van der Waals surface area (Å²) in [7, 11) is 3.23. The van der Waals surface area contributed by atoms with Crippen LogP contribution in [0.5, 0.6) is 5.75 Å². The molecule has 5 nitrogen and oxygen atoms in total. The fourth-order valence-electron chi connectivity index (χ4n) is 5.03. The van der Waals surface area contributed by atoms with Crippen LogP contribution >= 0.6 is 0 Å². The molecule has 3 atom stereocenters. The van der Waals surface area contributed by atoms with Gasteiger partial charge in [0.1, 0.15) is 5.75 Å². The average molecular weight is 356 g/mol. The lowest BCUT2D eigenvalue weighted by Crippen LogP contribution is -2.46. The van der Waals surface area contributed by atoms with Gasteiger partial charge in [-0.25, -0.2) is 0 Å². The fraction of sp³-hybridized carbons (Fsp3) is 0.571. The van der Waals surface area contributed by atoms with Gasteiger partial charge in [-0.15, -0.1) is 0 Å². The van der Waals surface area contributed by atoms with E-state index in [4.69, 9.17) is 9.47 Å². The van der Waals surface area contributed by atoms with Crippen molar-refractivity contribution in [1.82, 2.24) is 9.88 Å². The van der Waals surface area contributed by atoms with Crippen molar-refractivity contribution >= 4 is 16.9 Å². The highest BCUT2D eigenvalue weighted by Gasteiger charge is 2.40. The normalized spacial score (nSPS) is 25.6. The van der Waals surface area contributed by atoms with E-state index in [1.54, 1.807) is 7.11 Å². The molecule has 140 valence electrons. The van der Waals surface area contributed by atoms with Gasteiger partial charge < -0.3 is 14.5 Å². The van der Waals surface area contributed by atoms with E-state index in [2.05, 4.69) is 22.9 Å². The van der Waals surface area contributed by atoms with Crippen molar-refractivity contribution in [3.8, 4) is 5.75 Å². The number of H-pyrrole nitrogens is 1. The third kappa shape index (κ3) is 2.78. The summed E-state index contributed by atoms with van der Waals surface area (Å²) in [5.74, 6) is 1.80. The molecule has 0 radical (unpaired) electrons. The smallest absolute Gasteiger partial charge is 0.305 e. The van der Waals surface area contributed by atoms with Gasteiger partial charge in [0.2, 0.25) is 0 Å². The number of rotatable bonds is 4. The first kappa shape index (κ1) is 17.4. The van der Waals surface area contributed by atoms with Crippen LogP contribution in [0.15, 0.2) is 18.2 Å². The summed E-state index contributed by atoms with van der Waals surface area (Å²) in [6.45, 7) is 4.37. The maximum Gasteiger partial charge on any atom is 0.305 e. The largest absolute Gasteiger partial charge is 0.496 e. The molecule has 1 aromatic carbocycles. The van der Waals surface area contributed by atoms with Gasteiger partial charge in [-0.1, -0.05) is 19.4 Å². The summed E-state index contributed by atoms with van der Waals surface area (Å²) < 4.78 is 10.6. The van der Waals surface area contributed by atoms with E-state index in [-0.39, 0.29) is 5.97 Å². The molecule has 26 heavy (non-hydrogen) atoms. The Bertz CT molecular complexity index is 813. The lowest BCUT2D eigenvalue weighted by Gasteiger charge is -2.46. The first-order valence-electron chi connectivity index (χ1n) is 9.64. The number of carbonyl (C=O) groups is 1. The minimum Gasteiger partial charge on any atom is -0.496 e. The highest BCUT2D eigenvalue weighted by Crippen LogP contribution is 2.45. The van der Waals surface area contributed by atoms with Crippen LogP contribution in [0.4, 0.5) is 0 Å². The van der Waals surface area contributed by atoms with E-state index in [0.717, 1.165) is 43.6 Å². The molecule has 3 heterocycles. The zero-order valence-corrected chi connectivity index (χ0v) is 15.9. The van der Waals surface area contributed by atoms with Crippen LogP contribution in [0, 0.1) is 11.8 Å². The van der Waals surface area contributed by atoms with Crippen molar-refractivity contribution in [2.75, 3.05) is 27.3 Å². The minimum atomic E-state index is -0.0868. The van der Waals surface area contributed by atoms with Gasteiger partial charge in [0.15, 0.2) is 0 Å². The number of carbonyl (C=O) groups excluding carboxylic acids is 1. The van der Waals surface area contributed by atoms with Gasteiger partial charge >= 0.3 is 5.97 Å². The summed E-state index contributed by atoms with van der Waals surface area (Å²) in [4.78, 5) is 18.2. The Balaban J connectivity index is 1.71. The molecule has 2 aromatic rings. The van der Waals surface area contributed by atoms with Gasteiger partial charge in [-0.05, 0) is 42.4 Å². The Morgan fingerprint density at radius 2 is 2.15 bits per heavy atom. The number of benzene rings is 1. The van der Waals surface area contributed by atoms with E-state index in [9.17, 15) is 4.79 Å². The number of hydrogen-bond donors (Lipinski definition) is 1. The van der Waals surface area contributed by atoms with Gasteiger partial charge in [0, 0.05) is 36.1 Å². The fourth-order valence-corrected chi connectivity index (χ4v) is 5.03. The molecule has 0 saturated carbocycles. The first-order chi connectivity index (χ1) is 12.7. The summed E-state index contributed by atoms with van der Waals surface area (Å²) in [5, 5.41) is 1.23. The van der Waals surface area contributed by atoms with Crippen LogP contribution in [0.3, 0.4) is 0 Å². The number of aromatic amines is 1. The molecule has 0 aliphatic carbocycles. The summed E-state index contributed by atoms with van der Waals surface area (Å²) in [6, 6.07) is 6.56. The number of nitrogens with zero attached hydrogens (tertiary/aromatic N) is 1. The Hall–Kier alpha value is -2.01. The molecule has 1 N–H and O–H groups in total. The number of fused-ring (bicyclic) bond motifs is 5. The van der Waals surface area contributed by atoms with Gasteiger partial charge in [0.25, 0.3) is 0 Å². The number of methoxy groups -OCH3 is 2. The molecule has 5 heteroatoms. The highest BCUT2D eigenvalue weighted by molar-refractivity contribution is 5.91. The lowest BCUT2D eigenvalue weighted by molar-refractivity contribution is -0.143. The summed E-state index contributed by atoms with van der Waals surface area (Å²) in [6.07, 6.45) is 3.69. The summed E-state index contributed by atoms with van der Waals surface area (Å²) >= 11 is 0. The molecule has 2 aliphatic rings. The zero-order valence-electron chi connectivity index (χ0n) is 15.9. The molecular formula is C21H28N2O3. The molecule has 1 aromatic heterocycles. The van der Waals surface area contributed by atoms with E-state index in [1.165, 1.54) is 23.8 Å². The minimum absolute atomic E-state index is 0.0868. The quantitative estimate of drug-likeness (QED) is 0.849. The second kappa shape index (κ2) is 6.95. The molecule has 1 fully saturated rings. The number of nitrogens with one attached hydrogen (secondary N) is 1. The van der Waals surface area contributed by atoms with Crippen molar-refractivity contribution in [3.05, 3.63) is 29.5 Å². The number of piperidine rings is 1. The van der Waals surface area contributed by atoms with Gasteiger partial charge in [0.05, 0.1) is 20.3 Å². The Labute approximate surface area is 154 Å². The number of aromatic nitrogens is 1. The van der Waals surface area contributed by atoms with Crippen LogP contribution in [-0.4, -0.2) is 43.2 Å². The Morgan fingerprint density at radius 1 is 1.31 bits per heavy atom. The molecule has 2 aliphatic heterocycles. The Morgan fingerprint density at radius 3 is 2.88 bits per heavy atom. The van der Waals surface area contributed by atoms with Gasteiger partial charge in [-0.3, -0.25) is 9.69 Å². The average Bonchev–Trinajstić information content (AvgIpc) is 3.06. The third-order valence-corrected chi connectivity index (χ3v) is 6.41. The molecule has 0 bridgehead atoms. The number of esters is 1. The number of ether oxygens (including phenoxy) is 2. The molecule has 1 saturated heterocycles. The van der Waals surface area contributed by atoms with Crippen molar-refractivity contribution in [1.29, 1.82) is 0 Å². The summed E-state index contributed by atoms with van der Waals surface area (Å²) in [5.41, 5.74) is 3.86. The SMILES string of the molecule is CC[C@H]1CN2CCc3c([nH]c4cccc(OC)c34)[C@@H]2C[C@H]1CC(=O)OC. The van der Waals surface area contributed by atoms with E-state index in [1.807, 2.05) is 12.1 Å². The third-order valence-electron chi connectivity index (χ3n) is 6.41. The maximum absolute atomic E-state index is 11.9.